The third-order valence-corrected chi connectivity index (χ3v) is 7.54. The van der Waals surface area contributed by atoms with E-state index in [-0.39, 0.29) is 18.1 Å². The molecule has 4 rings (SSSR count). The lowest BCUT2D eigenvalue weighted by Crippen LogP contribution is -2.26. The summed E-state index contributed by atoms with van der Waals surface area (Å²) in [6.45, 7) is 12.2. The number of nitrogens with zero attached hydrogens (tertiary/aromatic N) is 1. The molecule has 1 N–H and O–H groups in total. The molecule has 0 fully saturated rings. The summed E-state index contributed by atoms with van der Waals surface area (Å²) in [5.74, 6) is 0.712. The molecule has 0 saturated carbocycles. The number of fused-ring (bicyclic) bond motifs is 1. The molecule has 0 bridgehead atoms. The van der Waals surface area contributed by atoms with Crippen LogP contribution in [0.15, 0.2) is 60.7 Å². The zero-order valence-corrected chi connectivity index (χ0v) is 25.3. The second-order valence-corrected chi connectivity index (χ2v) is 10.9. The van der Waals surface area contributed by atoms with Gasteiger partial charge in [-0.05, 0) is 107 Å². The van der Waals surface area contributed by atoms with E-state index in [4.69, 9.17) is 25.8 Å². The van der Waals surface area contributed by atoms with Crippen molar-refractivity contribution in [2.45, 2.75) is 66.3 Å². The molecule has 8 heteroatoms. The maximum Gasteiger partial charge on any atom is 0.346 e. The Morgan fingerprint density at radius 1 is 0.927 bits per heavy atom. The number of carbonyl (C=O) groups excluding carboxylic acids is 2. The number of ether oxygens (including phenoxy) is 3. The summed E-state index contributed by atoms with van der Waals surface area (Å²) in [5.41, 5.74) is 5.56. The Kier molecular flexibility index (Phi) is 9.28. The van der Waals surface area contributed by atoms with E-state index in [9.17, 15) is 9.59 Å². The van der Waals surface area contributed by atoms with Crippen LogP contribution in [0.3, 0.4) is 0 Å². The Labute approximate surface area is 246 Å². The first kappa shape index (κ1) is 30.0. The van der Waals surface area contributed by atoms with E-state index >= 15 is 0 Å². The molecular formula is C33H37ClN2O5. The second kappa shape index (κ2) is 12.7. The van der Waals surface area contributed by atoms with Gasteiger partial charge in [-0.1, -0.05) is 23.7 Å². The van der Waals surface area contributed by atoms with Crippen molar-refractivity contribution < 1.29 is 23.8 Å². The van der Waals surface area contributed by atoms with Gasteiger partial charge >= 0.3 is 5.97 Å². The van der Waals surface area contributed by atoms with Gasteiger partial charge in [0.1, 0.15) is 11.5 Å². The quantitative estimate of drug-likeness (QED) is 0.202. The number of aromatic nitrogens is 1. The van der Waals surface area contributed by atoms with Crippen LogP contribution in [-0.2, 0) is 16.1 Å². The molecule has 1 amide bonds. The Morgan fingerprint density at radius 3 is 2.37 bits per heavy atom. The van der Waals surface area contributed by atoms with Gasteiger partial charge in [0, 0.05) is 33.7 Å². The largest absolute Gasteiger partial charge is 0.491 e. The number of halogens is 1. The average molecular weight is 577 g/mol. The van der Waals surface area contributed by atoms with Crippen molar-refractivity contribution in [3.8, 4) is 11.5 Å². The highest BCUT2D eigenvalue weighted by Crippen LogP contribution is 2.30. The fraction of sp³-hybridized carbons (Fsp3) is 0.333. The lowest BCUT2D eigenvalue weighted by Gasteiger charge is -2.17. The van der Waals surface area contributed by atoms with Crippen molar-refractivity contribution in [2.75, 3.05) is 7.11 Å². The standard InChI is InChI=1S/C33H37ClN2O5/c1-19(2)40-27-10-8-9-24(15-27)21(4)35-32(37)25-11-14-31-29(17-25)20(3)22(5)36(31)18-26-16-28(12-13-30(26)34)41-23(6)33(38)39-7/h8-17,19,21,23H,18H2,1-7H3,(H,35,37). The minimum atomic E-state index is -0.741. The average Bonchev–Trinajstić information content (AvgIpc) is 3.18. The van der Waals surface area contributed by atoms with Crippen LogP contribution < -0.4 is 14.8 Å². The van der Waals surface area contributed by atoms with E-state index in [1.54, 1.807) is 19.1 Å². The third kappa shape index (κ3) is 6.85. The highest BCUT2D eigenvalue weighted by atomic mass is 35.5. The first-order valence-electron chi connectivity index (χ1n) is 13.7. The Morgan fingerprint density at radius 2 is 1.66 bits per heavy atom. The lowest BCUT2D eigenvalue weighted by atomic mass is 10.1. The van der Waals surface area contributed by atoms with Gasteiger partial charge in [-0.2, -0.15) is 0 Å². The number of methoxy groups -OCH3 is 1. The Hall–Kier alpha value is -3.97. The van der Waals surface area contributed by atoms with Crippen molar-refractivity contribution in [1.82, 2.24) is 9.88 Å². The van der Waals surface area contributed by atoms with Crippen LogP contribution in [0.2, 0.25) is 5.02 Å². The van der Waals surface area contributed by atoms with Gasteiger partial charge in [0.15, 0.2) is 6.10 Å². The van der Waals surface area contributed by atoms with Crippen molar-refractivity contribution in [2.24, 2.45) is 0 Å². The summed E-state index contributed by atoms with van der Waals surface area (Å²) < 4.78 is 18.5. The van der Waals surface area contributed by atoms with Gasteiger partial charge in [-0.3, -0.25) is 4.79 Å². The molecule has 0 radical (unpaired) electrons. The monoisotopic (exact) mass is 576 g/mol. The van der Waals surface area contributed by atoms with E-state index in [1.807, 2.05) is 69.3 Å². The number of nitrogens with one attached hydrogen (secondary N) is 1. The lowest BCUT2D eigenvalue weighted by molar-refractivity contribution is -0.147. The minimum absolute atomic E-state index is 0.0736. The molecular weight excluding hydrogens is 540 g/mol. The molecule has 1 heterocycles. The number of amides is 1. The zero-order valence-electron chi connectivity index (χ0n) is 24.6. The molecule has 2 unspecified atom stereocenters. The van der Waals surface area contributed by atoms with Crippen molar-refractivity contribution in [3.63, 3.8) is 0 Å². The van der Waals surface area contributed by atoms with Gasteiger partial charge in [-0.25, -0.2) is 4.79 Å². The van der Waals surface area contributed by atoms with Crippen LogP contribution in [0.25, 0.3) is 10.9 Å². The van der Waals surface area contributed by atoms with Crippen molar-refractivity contribution >= 4 is 34.4 Å². The van der Waals surface area contributed by atoms with E-state index in [2.05, 4.69) is 23.7 Å². The normalized spacial score (nSPS) is 12.7. The number of hydrogen-bond donors (Lipinski definition) is 1. The van der Waals surface area contributed by atoms with Crippen LogP contribution in [0, 0.1) is 13.8 Å². The number of esters is 1. The van der Waals surface area contributed by atoms with Crippen molar-refractivity contribution in [1.29, 1.82) is 0 Å². The van der Waals surface area contributed by atoms with Crippen LogP contribution >= 0.6 is 11.6 Å². The molecule has 1 aromatic heterocycles. The molecule has 41 heavy (non-hydrogen) atoms. The van der Waals surface area contributed by atoms with E-state index in [0.717, 1.165) is 39.0 Å². The van der Waals surface area contributed by atoms with Gasteiger partial charge in [-0.15, -0.1) is 0 Å². The first-order valence-corrected chi connectivity index (χ1v) is 14.1. The number of rotatable bonds is 10. The first-order chi connectivity index (χ1) is 19.5. The van der Waals surface area contributed by atoms with Crippen LogP contribution in [0.4, 0.5) is 0 Å². The molecule has 0 saturated heterocycles. The molecule has 0 spiro atoms. The molecule has 3 aromatic carbocycles. The number of carbonyl (C=O) groups is 2. The highest BCUT2D eigenvalue weighted by molar-refractivity contribution is 6.31. The van der Waals surface area contributed by atoms with Crippen LogP contribution in [-0.4, -0.2) is 35.8 Å². The van der Waals surface area contributed by atoms with E-state index < -0.39 is 12.1 Å². The van der Waals surface area contributed by atoms with Crippen LogP contribution in [0.1, 0.15) is 66.5 Å². The smallest absolute Gasteiger partial charge is 0.346 e. The predicted octanol–water partition coefficient (Wildman–Crippen LogP) is 7.18. The molecule has 0 aliphatic rings. The third-order valence-electron chi connectivity index (χ3n) is 7.17. The Bertz CT molecular complexity index is 1580. The molecule has 2 atom stereocenters. The number of hydrogen-bond acceptors (Lipinski definition) is 5. The molecule has 0 aliphatic carbocycles. The molecule has 216 valence electrons. The summed E-state index contributed by atoms with van der Waals surface area (Å²) in [7, 11) is 1.33. The van der Waals surface area contributed by atoms with Gasteiger partial charge in [0.2, 0.25) is 0 Å². The minimum Gasteiger partial charge on any atom is -0.491 e. The fourth-order valence-corrected chi connectivity index (χ4v) is 5.00. The highest BCUT2D eigenvalue weighted by Gasteiger charge is 2.19. The van der Waals surface area contributed by atoms with Gasteiger partial charge in [0.25, 0.3) is 5.91 Å². The van der Waals surface area contributed by atoms with Gasteiger partial charge in [0.05, 0.1) is 19.3 Å². The fourth-order valence-electron chi connectivity index (χ4n) is 4.82. The second-order valence-electron chi connectivity index (χ2n) is 10.5. The maximum absolute atomic E-state index is 13.3. The summed E-state index contributed by atoms with van der Waals surface area (Å²) in [5, 5.41) is 4.70. The van der Waals surface area contributed by atoms with E-state index in [0.29, 0.717) is 22.9 Å². The van der Waals surface area contributed by atoms with Crippen LogP contribution in [0.5, 0.6) is 11.5 Å². The van der Waals surface area contributed by atoms with Crippen molar-refractivity contribution in [3.05, 3.63) is 93.6 Å². The molecule has 7 nitrogen and oxygen atoms in total. The summed E-state index contributed by atoms with van der Waals surface area (Å²) in [6, 6.07) is 18.7. The predicted molar refractivity (Wildman–Crippen MR) is 162 cm³/mol. The zero-order chi connectivity index (χ0) is 29.8. The topological polar surface area (TPSA) is 78.8 Å². The molecule has 4 aromatic rings. The Balaban J connectivity index is 1.56. The SMILES string of the molecule is COC(=O)C(C)Oc1ccc(Cl)c(Cn2c(C)c(C)c3cc(C(=O)NC(C)c4cccc(OC(C)C)c4)ccc32)c1. The van der Waals surface area contributed by atoms with Gasteiger partial charge < -0.3 is 24.1 Å². The summed E-state index contributed by atoms with van der Waals surface area (Å²) >= 11 is 6.56. The summed E-state index contributed by atoms with van der Waals surface area (Å²) in [4.78, 5) is 25.1. The number of benzene rings is 3. The van der Waals surface area contributed by atoms with E-state index in [1.165, 1.54) is 7.11 Å². The maximum atomic E-state index is 13.3. The molecule has 0 aliphatic heterocycles. The summed E-state index contributed by atoms with van der Waals surface area (Å²) in [6.07, 6.45) is -0.667. The number of aryl methyl sites for hydroxylation is 1.